The molecule has 1 aromatic heterocycles. The quantitative estimate of drug-likeness (QED) is 0.679. The van der Waals surface area contributed by atoms with Crippen molar-refractivity contribution >= 4 is 17.5 Å². The van der Waals surface area contributed by atoms with Crippen molar-refractivity contribution in [2.75, 3.05) is 5.32 Å². The predicted octanol–water partition coefficient (Wildman–Crippen LogP) is 4.09. The number of carbonyl (C=O) groups is 2. The first-order valence-corrected chi connectivity index (χ1v) is 9.07. The normalized spacial score (nSPS) is 17.8. The molecule has 0 bridgehead atoms. The Balaban J connectivity index is 1.26. The standard InChI is InChI=1S/C22H19FN2O3/c23-16-7-5-15(6-8-16)18-12-19(18)21(26)24-13-14-3-9-17(10-4-14)25-22(27)20-2-1-11-28-20/h1-11,18-19H,12-13H2,(H,24,26)(H,25,27)/t18-,19-/m1/s1. The number of halogens is 1. The van der Waals surface area contributed by atoms with E-state index in [9.17, 15) is 14.0 Å². The summed E-state index contributed by atoms with van der Waals surface area (Å²) < 4.78 is 18.1. The van der Waals surface area contributed by atoms with Gasteiger partial charge in [-0.2, -0.15) is 0 Å². The number of furan rings is 1. The fourth-order valence-corrected chi connectivity index (χ4v) is 3.19. The van der Waals surface area contributed by atoms with Gasteiger partial charge in [-0.15, -0.1) is 0 Å². The molecule has 2 amide bonds. The number of nitrogens with one attached hydrogen (secondary N) is 2. The molecule has 0 saturated heterocycles. The van der Waals surface area contributed by atoms with Crippen molar-refractivity contribution in [3.8, 4) is 0 Å². The van der Waals surface area contributed by atoms with Gasteiger partial charge in [0.05, 0.1) is 6.26 Å². The average Bonchev–Trinajstić information content (AvgIpc) is 3.31. The van der Waals surface area contributed by atoms with E-state index in [4.69, 9.17) is 4.42 Å². The highest BCUT2D eigenvalue weighted by Gasteiger charge is 2.43. The second-order valence-corrected chi connectivity index (χ2v) is 6.85. The number of carbonyl (C=O) groups excluding carboxylic acids is 2. The molecule has 1 saturated carbocycles. The maximum absolute atomic E-state index is 13.0. The largest absolute Gasteiger partial charge is 0.459 e. The first-order valence-electron chi connectivity index (χ1n) is 9.07. The Bertz CT molecular complexity index is 966. The second-order valence-electron chi connectivity index (χ2n) is 6.85. The zero-order valence-electron chi connectivity index (χ0n) is 15.0. The van der Waals surface area contributed by atoms with Gasteiger partial charge in [0.1, 0.15) is 5.82 Å². The van der Waals surface area contributed by atoms with E-state index in [1.807, 2.05) is 12.1 Å². The van der Waals surface area contributed by atoms with Crippen molar-refractivity contribution in [3.63, 3.8) is 0 Å². The highest BCUT2D eigenvalue weighted by atomic mass is 19.1. The predicted molar refractivity (Wildman–Crippen MR) is 102 cm³/mol. The van der Waals surface area contributed by atoms with Crippen LogP contribution in [0.3, 0.4) is 0 Å². The first-order chi connectivity index (χ1) is 13.6. The lowest BCUT2D eigenvalue weighted by Gasteiger charge is -2.07. The molecule has 28 heavy (non-hydrogen) atoms. The number of rotatable bonds is 6. The Morgan fingerprint density at radius 1 is 1.04 bits per heavy atom. The van der Waals surface area contributed by atoms with Gasteiger partial charge in [-0.05, 0) is 59.9 Å². The van der Waals surface area contributed by atoms with Crippen LogP contribution in [0.2, 0.25) is 0 Å². The van der Waals surface area contributed by atoms with Crippen LogP contribution in [0, 0.1) is 11.7 Å². The maximum Gasteiger partial charge on any atom is 0.291 e. The van der Waals surface area contributed by atoms with Crippen LogP contribution in [0.4, 0.5) is 10.1 Å². The molecule has 0 aliphatic heterocycles. The van der Waals surface area contributed by atoms with Crippen molar-refractivity contribution < 1.29 is 18.4 Å². The molecule has 6 heteroatoms. The van der Waals surface area contributed by atoms with E-state index in [0.717, 1.165) is 17.5 Å². The van der Waals surface area contributed by atoms with Gasteiger partial charge in [0.25, 0.3) is 5.91 Å². The first kappa shape index (κ1) is 18.0. The molecule has 1 fully saturated rings. The molecule has 2 atom stereocenters. The van der Waals surface area contributed by atoms with Crippen LogP contribution in [-0.4, -0.2) is 11.8 Å². The van der Waals surface area contributed by atoms with E-state index >= 15 is 0 Å². The Morgan fingerprint density at radius 2 is 1.79 bits per heavy atom. The molecule has 1 aliphatic rings. The summed E-state index contributed by atoms with van der Waals surface area (Å²) in [6.07, 6.45) is 2.23. The molecule has 2 N–H and O–H groups in total. The van der Waals surface area contributed by atoms with Crippen molar-refractivity contribution in [3.05, 3.63) is 89.6 Å². The topological polar surface area (TPSA) is 71.3 Å². The van der Waals surface area contributed by atoms with Crippen molar-refractivity contribution in [2.24, 2.45) is 5.92 Å². The number of anilines is 1. The van der Waals surface area contributed by atoms with Gasteiger partial charge < -0.3 is 15.1 Å². The monoisotopic (exact) mass is 378 g/mol. The molecule has 0 spiro atoms. The number of amides is 2. The van der Waals surface area contributed by atoms with Crippen LogP contribution in [-0.2, 0) is 11.3 Å². The zero-order chi connectivity index (χ0) is 19.5. The molecule has 1 aliphatic carbocycles. The van der Waals surface area contributed by atoms with Gasteiger partial charge in [-0.3, -0.25) is 9.59 Å². The smallest absolute Gasteiger partial charge is 0.291 e. The molecule has 0 unspecified atom stereocenters. The van der Waals surface area contributed by atoms with Crippen molar-refractivity contribution in [1.29, 1.82) is 0 Å². The third kappa shape index (κ3) is 4.11. The summed E-state index contributed by atoms with van der Waals surface area (Å²) in [7, 11) is 0. The highest BCUT2D eigenvalue weighted by Crippen LogP contribution is 2.47. The van der Waals surface area contributed by atoms with Gasteiger partial charge in [0, 0.05) is 18.2 Å². The minimum atomic E-state index is -0.313. The average molecular weight is 378 g/mol. The van der Waals surface area contributed by atoms with Crippen molar-refractivity contribution in [2.45, 2.75) is 18.9 Å². The molecule has 142 valence electrons. The molecule has 3 aromatic rings. The maximum atomic E-state index is 13.0. The number of hydrogen-bond donors (Lipinski definition) is 2. The summed E-state index contributed by atoms with van der Waals surface area (Å²) in [5, 5.41) is 5.69. The highest BCUT2D eigenvalue weighted by molar-refractivity contribution is 6.02. The van der Waals surface area contributed by atoms with Crippen LogP contribution < -0.4 is 10.6 Å². The third-order valence-electron chi connectivity index (χ3n) is 4.85. The fraction of sp³-hybridized carbons (Fsp3) is 0.182. The molecular weight excluding hydrogens is 359 g/mol. The molecular formula is C22H19FN2O3. The molecule has 2 aromatic carbocycles. The van der Waals surface area contributed by atoms with E-state index < -0.39 is 0 Å². The second kappa shape index (κ2) is 7.68. The minimum Gasteiger partial charge on any atom is -0.459 e. The fourth-order valence-electron chi connectivity index (χ4n) is 3.19. The van der Waals surface area contributed by atoms with Crippen molar-refractivity contribution in [1.82, 2.24) is 5.32 Å². The minimum absolute atomic E-state index is 0.00419. The SMILES string of the molecule is O=C(Nc1ccc(CNC(=O)[C@@H]2C[C@@H]2c2ccc(F)cc2)cc1)c1ccco1. The molecule has 0 radical (unpaired) electrons. The lowest BCUT2D eigenvalue weighted by molar-refractivity contribution is -0.122. The Kier molecular flexibility index (Phi) is 4.93. The summed E-state index contributed by atoms with van der Waals surface area (Å²) in [5.74, 6) is -0.223. The van der Waals surface area contributed by atoms with Gasteiger partial charge >= 0.3 is 0 Å². The van der Waals surface area contributed by atoms with Crippen LogP contribution in [0.1, 0.15) is 34.0 Å². The Labute approximate surface area is 161 Å². The van der Waals surface area contributed by atoms with Gasteiger partial charge in [-0.1, -0.05) is 24.3 Å². The van der Waals surface area contributed by atoms with Gasteiger partial charge in [0.15, 0.2) is 5.76 Å². The Hall–Kier alpha value is -3.41. The molecule has 4 rings (SSSR count). The van der Waals surface area contributed by atoms with E-state index in [0.29, 0.717) is 12.2 Å². The van der Waals surface area contributed by atoms with E-state index in [1.54, 1.807) is 36.4 Å². The van der Waals surface area contributed by atoms with Gasteiger partial charge in [0.2, 0.25) is 5.91 Å². The lowest BCUT2D eigenvalue weighted by Crippen LogP contribution is -2.24. The Morgan fingerprint density at radius 3 is 2.46 bits per heavy atom. The summed E-state index contributed by atoms with van der Waals surface area (Å²) in [4.78, 5) is 24.3. The van der Waals surface area contributed by atoms with Crippen LogP contribution in [0.5, 0.6) is 0 Å². The van der Waals surface area contributed by atoms with Crippen LogP contribution in [0.25, 0.3) is 0 Å². The summed E-state index contributed by atoms with van der Waals surface area (Å²) in [5.41, 5.74) is 2.58. The third-order valence-corrected chi connectivity index (χ3v) is 4.85. The number of hydrogen-bond acceptors (Lipinski definition) is 3. The molecule has 5 nitrogen and oxygen atoms in total. The summed E-state index contributed by atoms with van der Waals surface area (Å²) >= 11 is 0. The van der Waals surface area contributed by atoms with E-state index in [1.165, 1.54) is 18.4 Å². The summed E-state index contributed by atoms with van der Waals surface area (Å²) in [6, 6.07) is 16.8. The van der Waals surface area contributed by atoms with Crippen LogP contribution >= 0.6 is 0 Å². The van der Waals surface area contributed by atoms with E-state index in [-0.39, 0.29) is 35.2 Å². The number of benzene rings is 2. The molecule has 1 heterocycles. The van der Waals surface area contributed by atoms with Gasteiger partial charge in [-0.25, -0.2) is 4.39 Å². The van der Waals surface area contributed by atoms with E-state index in [2.05, 4.69) is 10.6 Å². The lowest BCUT2D eigenvalue weighted by atomic mass is 10.1. The summed E-state index contributed by atoms with van der Waals surface area (Å²) in [6.45, 7) is 0.415. The zero-order valence-corrected chi connectivity index (χ0v) is 15.0. The van der Waals surface area contributed by atoms with Crippen LogP contribution in [0.15, 0.2) is 71.3 Å².